The van der Waals surface area contributed by atoms with Crippen LogP contribution >= 0.6 is 0 Å². The number of para-hydroxylation sites is 1. The number of rotatable bonds is 4. The van der Waals surface area contributed by atoms with Gasteiger partial charge in [0.25, 0.3) is 0 Å². The van der Waals surface area contributed by atoms with Crippen molar-refractivity contribution in [2.75, 3.05) is 6.61 Å². The minimum atomic E-state index is 0.599. The van der Waals surface area contributed by atoms with Gasteiger partial charge in [-0.15, -0.1) is 0 Å². The van der Waals surface area contributed by atoms with Crippen molar-refractivity contribution in [2.24, 2.45) is 4.99 Å². The fourth-order valence-electron chi connectivity index (χ4n) is 1.53. The second-order valence-electron chi connectivity index (χ2n) is 3.69. The van der Waals surface area contributed by atoms with E-state index in [1.54, 1.807) is 0 Å². The monoisotopic (exact) mass is 237 g/mol. The molecule has 0 spiro atoms. The van der Waals surface area contributed by atoms with Crippen molar-refractivity contribution in [3.05, 3.63) is 66.2 Å². The summed E-state index contributed by atoms with van der Waals surface area (Å²) in [5.74, 6) is 3.64. The van der Waals surface area contributed by atoms with Crippen LogP contribution in [0.25, 0.3) is 5.76 Å². The number of benzene rings is 2. The lowest BCUT2D eigenvalue weighted by molar-refractivity contribution is 0.301. The van der Waals surface area contributed by atoms with Crippen LogP contribution in [0.1, 0.15) is 12.5 Å². The van der Waals surface area contributed by atoms with Crippen molar-refractivity contribution in [2.45, 2.75) is 6.92 Å². The normalized spacial score (nSPS) is 9.39. The molecule has 2 rings (SSSR count). The summed E-state index contributed by atoms with van der Waals surface area (Å²) in [6.45, 7) is 2.55. The molecule has 0 aliphatic heterocycles. The van der Waals surface area contributed by atoms with Gasteiger partial charge in [0.15, 0.2) is 5.76 Å². The highest BCUT2D eigenvalue weighted by Crippen LogP contribution is 2.14. The molecule has 0 unspecified atom stereocenters. The van der Waals surface area contributed by atoms with Gasteiger partial charge in [-0.2, -0.15) is 0 Å². The maximum atomic E-state index is 5.56. The molecule has 0 aromatic heterocycles. The summed E-state index contributed by atoms with van der Waals surface area (Å²) in [5, 5.41) is 0. The Morgan fingerprint density at radius 3 is 2.22 bits per heavy atom. The quantitative estimate of drug-likeness (QED) is 0.580. The van der Waals surface area contributed by atoms with Crippen LogP contribution in [0, 0.1) is 0 Å². The van der Waals surface area contributed by atoms with Gasteiger partial charge in [-0.05, 0) is 19.1 Å². The number of ether oxygens (including phenoxy) is 1. The molecule has 0 heterocycles. The molecule has 0 fully saturated rings. The molecule has 0 saturated carbocycles. The molecule has 2 aromatic carbocycles. The van der Waals surface area contributed by atoms with Crippen LogP contribution < -0.4 is 0 Å². The van der Waals surface area contributed by atoms with E-state index < -0.39 is 0 Å². The molecule has 0 saturated heterocycles. The van der Waals surface area contributed by atoms with Gasteiger partial charge in [0.05, 0.1) is 12.3 Å². The third kappa shape index (κ3) is 3.34. The van der Waals surface area contributed by atoms with Crippen LogP contribution in [-0.4, -0.2) is 12.5 Å². The van der Waals surface area contributed by atoms with Crippen LogP contribution in [0.3, 0.4) is 0 Å². The SMILES string of the molecule is CCOC(=C=Nc1ccccc1)c1ccccc1. The standard InChI is InChI=1S/C16H15NO/c1-2-18-16(14-9-5-3-6-10-14)13-17-15-11-7-4-8-12-15/h3-12H,2H2,1H3. The van der Waals surface area contributed by atoms with E-state index in [2.05, 4.69) is 10.9 Å². The molecule has 2 aromatic rings. The minimum Gasteiger partial charge on any atom is -0.484 e. The number of aliphatic imine (C=N–C) groups is 1. The van der Waals surface area contributed by atoms with Crippen molar-refractivity contribution < 1.29 is 4.74 Å². The zero-order valence-electron chi connectivity index (χ0n) is 10.3. The van der Waals surface area contributed by atoms with Gasteiger partial charge in [0.2, 0.25) is 0 Å². The van der Waals surface area contributed by atoms with Gasteiger partial charge in [0.1, 0.15) is 0 Å². The molecule has 0 aliphatic rings. The van der Waals surface area contributed by atoms with Gasteiger partial charge < -0.3 is 4.74 Å². The fraction of sp³-hybridized carbons (Fsp3) is 0.125. The Balaban J connectivity index is 2.33. The molecule has 0 aliphatic carbocycles. The maximum Gasteiger partial charge on any atom is 0.188 e. The molecular weight excluding hydrogens is 222 g/mol. The Kier molecular flexibility index (Phi) is 4.34. The van der Waals surface area contributed by atoms with Crippen LogP contribution in [0.15, 0.2) is 65.7 Å². The highest BCUT2D eigenvalue weighted by atomic mass is 16.5. The summed E-state index contributed by atoms with van der Waals surface area (Å²) >= 11 is 0. The second kappa shape index (κ2) is 6.43. The third-order valence-electron chi connectivity index (χ3n) is 2.37. The molecule has 0 atom stereocenters. The lowest BCUT2D eigenvalue weighted by Gasteiger charge is -2.04. The zero-order chi connectivity index (χ0) is 12.6. The molecule has 0 bridgehead atoms. The summed E-state index contributed by atoms with van der Waals surface area (Å²) in [6, 6.07) is 19.6. The highest BCUT2D eigenvalue weighted by Gasteiger charge is 1.99. The van der Waals surface area contributed by atoms with Gasteiger partial charge >= 0.3 is 0 Å². The van der Waals surface area contributed by atoms with Crippen LogP contribution in [0.4, 0.5) is 5.69 Å². The van der Waals surface area contributed by atoms with E-state index >= 15 is 0 Å². The first-order valence-electron chi connectivity index (χ1n) is 5.97. The fourth-order valence-corrected chi connectivity index (χ4v) is 1.53. The van der Waals surface area contributed by atoms with Gasteiger partial charge in [-0.3, -0.25) is 0 Å². The van der Waals surface area contributed by atoms with Crippen molar-refractivity contribution in [1.82, 2.24) is 0 Å². The summed E-state index contributed by atoms with van der Waals surface area (Å²) in [6.07, 6.45) is 0. The van der Waals surface area contributed by atoms with Gasteiger partial charge in [0, 0.05) is 11.4 Å². The largest absolute Gasteiger partial charge is 0.484 e. The van der Waals surface area contributed by atoms with E-state index in [1.807, 2.05) is 67.6 Å². The molecule has 2 heteroatoms. The third-order valence-corrected chi connectivity index (χ3v) is 2.37. The van der Waals surface area contributed by atoms with Crippen molar-refractivity contribution in [3.8, 4) is 0 Å². The number of hydrogen-bond donors (Lipinski definition) is 0. The minimum absolute atomic E-state index is 0.599. The van der Waals surface area contributed by atoms with E-state index in [1.165, 1.54) is 0 Å². The molecule has 18 heavy (non-hydrogen) atoms. The Bertz CT molecular complexity index is 540. The highest BCUT2D eigenvalue weighted by molar-refractivity contribution is 5.87. The molecule has 0 N–H and O–H groups in total. The Hall–Kier alpha value is -2.31. The lowest BCUT2D eigenvalue weighted by atomic mass is 10.2. The predicted octanol–water partition coefficient (Wildman–Crippen LogP) is 4.07. The second-order valence-corrected chi connectivity index (χ2v) is 3.69. The average Bonchev–Trinajstić information content (AvgIpc) is 2.45. The Labute approximate surface area is 107 Å². The Morgan fingerprint density at radius 1 is 1.00 bits per heavy atom. The molecule has 90 valence electrons. The van der Waals surface area contributed by atoms with Gasteiger partial charge in [-0.1, -0.05) is 48.5 Å². The summed E-state index contributed by atoms with van der Waals surface area (Å²) in [4.78, 5) is 4.29. The summed E-state index contributed by atoms with van der Waals surface area (Å²) in [5.41, 5.74) is 1.85. The van der Waals surface area contributed by atoms with E-state index in [-0.39, 0.29) is 0 Å². The van der Waals surface area contributed by atoms with Crippen molar-refractivity contribution in [1.29, 1.82) is 0 Å². The molecular formula is C16H15NO. The van der Waals surface area contributed by atoms with Gasteiger partial charge in [-0.25, -0.2) is 4.99 Å². The number of hydrogen-bond acceptors (Lipinski definition) is 2. The maximum absolute atomic E-state index is 5.56. The van der Waals surface area contributed by atoms with E-state index in [0.717, 1.165) is 11.3 Å². The lowest BCUT2D eigenvalue weighted by Crippen LogP contribution is -1.91. The van der Waals surface area contributed by atoms with E-state index in [4.69, 9.17) is 4.74 Å². The van der Waals surface area contributed by atoms with E-state index in [0.29, 0.717) is 12.4 Å². The van der Waals surface area contributed by atoms with Crippen LogP contribution in [0.2, 0.25) is 0 Å². The molecule has 0 radical (unpaired) electrons. The van der Waals surface area contributed by atoms with Crippen molar-refractivity contribution in [3.63, 3.8) is 0 Å². The van der Waals surface area contributed by atoms with Crippen LogP contribution in [-0.2, 0) is 4.74 Å². The first kappa shape index (κ1) is 12.2. The van der Waals surface area contributed by atoms with E-state index in [9.17, 15) is 0 Å². The first-order chi connectivity index (χ1) is 8.90. The topological polar surface area (TPSA) is 21.6 Å². The smallest absolute Gasteiger partial charge is 0.188 e. The summed E-state index contributed by atoms with van der Waals surface area (Å²) in [7, 11) is 0. The zero-order valence-corrected chi connectivity index (χ0v) is 10.3. The number of nitrogens with zero attached hydrogens (tertiary/aromatic N) is 1. The molecule has 2 nitrogen and oxygen atoms in total. The van der Waals surface area contributed by atoms with Crippen molar-refractivity contribution >= 4 is 17.3 Å². The summed E-state index contributed by atoms with van der Waals surface area (Å²) < 4.78 is 5.56. The molecule has 0 amide bonds. The van der Waals surface area contributed by atoms with Crippen LogP contribution in [0.5, 0.6) is 0 Å². The first-order valence-corrected chi connectivity index (χ1v) is 5.97. The predicted molar refractivity (Wildman–Crippen MR) is 75.0 cm³/mol. The Morgan fingerprint density at radius 2 is 1.61 bits per heavy atom. The average molecular weight is 237 g/mol.